The van der Waals surface area contributed by atoms with Gasteiger partial charge in [-0.25, -0.2) is 4.98 Å². The molecule has 0 radical (unpaired) electrons. The number of hydrogen-bond acceptors (Lipinski definition) is 3. The first-order chi connectivity index (χ1) is 9.20. The van der Waals surface area contributed by atoms with Crippen molar-refractivity contribution in [2.45, 2.75) is 13.5 Å². The quantitative estimate of drug-likeness (QED) is 0.752. The van der Waals surface area contributed by atoms with Crippen LogP contribution >= 0.6 is 0 Å². The molecule has 0 amide bonds. The molecule has 3 rings (SSSR count). The number of aryl methyl sites for hydroxylation is 2. The van der Waals surface area contributed by atoms with Gasteiger partial charge < -0.3 is 9.88 Å². The second kappa shape index (κ2) is 4.51. The number of aromatic amines is 1. The molecular formula is C14H17N5. The van der Waals surface area contributed by atoms with Crippen molar-refractivity contribution in [3.05, 3.63) is 35.9 Å². The summed E-state index contributed by atoms with van der Waals surface area (Å²) in [6, 6.07) is 6.35. The van der Waals surface area contributed by atoms with Gasteiger partial charge >= 0.3 is 0 Å². The van der Waals surface area contributed by atoms with Crippen molar-refractivity contribution in [1.29, 1.82) is 0 Å². The first-order valence-electron chi connectivity index (χ1n) is 6.30. The van der Waals surface area contributed by atoms with Gasteiger partial charge in [0.15, 0.2) is 0 Å². The minimum absolute atomic E-state index is 0.750. The predicted molar refractivity (Wildman–Crippen MR) is 75.8 cm³/mol. The van der Waals surface area contributed by atoms with E-state index < -0.39 is 0 Å². The Bertz CT molecular complexity index is 723. The lowest BCUT2D eigenvalue weighted by molar-refractivity contribution is 0.785. The highest BCUT2D eigenvalue weighted by Crippen LogP contribution is 2.28. The van der Waals surface area contributed by atoms with Gasteiger partial charge in [-0.3, -0.25) is 5.10 Å². The lowest BCUT2D eigenvalue weighted by Gasteiger charge is -2.04. The van der Waals surface area contributed by atoms with E-state index in [4.69, 9.17) is 0 Å². The molecule has 1 aromatic carbocycles. The molecule has 5 heteroatoms. The summed E-state index contributed by atoms with van der Waals surface area (Å²) in [4.78, 5) is 4.41. The minimum atomic E-state index is 0.750. The van der Waals surface area contributed by atoms with Crippen LogP contribution < -0.4 is 5.32 Å². The topological polar surface area (TPSA) is 58.5 Å². The molecule has 0 aliphatic carbocycles. The highest BCUT2D eigenvalue weighted by molar-refractivity contribution is 5.83. The van der Waals surface area contributed by atoms with Crippen molar-refractivity contribution in [2.75, 3.05) is 7.05 Å². The smallest absolute Gasteiger partial charge is 0.0955 e. The van der Waals surface area contributed by atoms with Gasteiger partial charge in [0.1, 0.15) is 0 Å². The maximum atomic E-state index is 4.41. The highest BCUT2D eigenvalue weighted by Gasteiger charge is 2.13. The van der Waals surface area contributed by atoms with Crippen LogP contribution in [0.3, 0.4) is 0 Å². The van der Waals surface area contributed by atoms with Crippen molar-refractivity contribution in [2.24, 2.45) is 7.05 Å². The average molecular weight is 255 g/mol. The zero-order chi connectivity index (χ0) is 13.4. The van der Waals surface area contributed by atoms with Gasteiger partial charge in [0.2, 0.25) is 0 Å². The van der Waals surface area contributed by atoms with E-state index in [1.807, 2.05) is 31.9 Å². The molecule has 98 valence electrons. The second-order valence-corrected chi connectivity index (χ2v) is 4.76. The summed E-state index contributed by atoms with van der Waals surface area (Å²) in [6.45, 7) is 2.80. The number of rotatable bonds is 3. The SMILES string of the molecule is CNCc1n[nH]c(C)c1-c1ccc2c(c1)ncn2C. The Hall–Kier alpha value is -2.14. The Kier molecular flexibility index (Phi) is 2.83. The molecule has 0 saturated heterocycles. The van der Waals surface area contributed by atoms with Crippen LogP contribution in [0.4, 0.5) is 0 Å². The number of hydrogen-bond donors (Lipinski definition) is 2. The van der Waals surface area contributed by atoms with E-state index in [9.17, 15) is 0 Å². The third-order valence-electron chi connectivity index (χ3n) is 3.38. The van der Waals surface area contributed by atoms with Gasteiger partial charge in [0, 0.05) is 24.8 Å². The standard InChI is InChI=1S/C14H17N5/c1-9-14(12(7-15-2)18-17-9)10-4-5-13-11(6-10)16-8-19(13)3/h4-6,8,15H,7H2,1-3H3,(H,17,18). The number of aromatic nitrogens is 4. The third kappa shape index (κ3) is 1.92. The normalized spacial score (nSPS) is 11.3. The molecule has 2 heterocycles. The van der Waals surface area contributed by atoms with E-state index in [0.717, 1.165) is 34.5 Å². The summed E-state index contributed by atoms with van der Waals surface area (Å²) in [6.07, 6.45) is 1.84. The van der Waals surface area contributed by atoms with E-state index >= 15 is 0 Å². The number of imidazole rings is 1. The van der Waals surface area contributed by atoms with Crippen molar-refractivity contribution < 1.29 is 0 Å². The maximum Gasteiger partial charge on any atom is 0.0955 e. The van der Waals surface area contributed by atoms with Crippen LogP contribution in [-0.2, 0) is 13.6 Å². The van der Waals surface area contributed by atoms with Gasteiger partial charge in [-0.15, -0.1) is 0 Å². The Balaban J connectivity index is 2.15. The third-order valence-corrected chi connectivity index (χ3v) is 3.38. The summed E-state index contributed by atoms with van der Waals surface area (Å²) in [5, 5.41) is 10.6. The molecule has 0 spiro atoms. The molecule has 2 aromatic heterocycles. The Morgan fingerprint density at radius 2 is 2.21 bits per heavy atom. The van der Waals surface area contributed by atoms with Crippen LogP contribution in [0.5, 0.6) is 0 Å². The number of H-pyrrole nitrogens is 1. The molecule has 0 unspecified atom stereocenters. The summed E-state index contributed by atoms with van der Waals surface area (Å²) in [5.41, 5.74) is 6.59. The average Bonchev–Trinajstić information content (AvgIpc) is 2.94. The van der Waals surface area contributed by atoms with E-state index in [1.54, 1.807) is 0 Å². The lowest BCUT2D eigenvalue weighted by Crippen LogP contribution is -2.06. The molecule has 3 aromatic rings. The van der Waals surface area contributed by atoms with Crippen molar-refractivity contribution in [3.8, 4) is 11.1 Å². The Morgan fingerprint density at radius 1 is 1.37 bits per heavy atom. The zero-order valence-electron chi connectivity index (χ0n) is 11.4. The van der Waals surface area contributed by atoms with Gasteiger partial charge in [0.25, 0.3) is 0 Å². The van der Waals surface area contributed by atoms with Crippen molar-refractivity contribution in [1.82, 2.24) is 25.1 Å². The van der Waals surface area contributed by atoms with E-state index in [-0.39, 0.29) is 0 Å². The number of nitrogens with one attached hydrogen (secondary N) is 2. The molecule has 19 heavy (non-hydrogen) atoms. The lowest BCUT2D eigenvalue weighted by atomic mass is 10.0. The van der Waals surface area contributed by atoms with Gasteiger partial charge in [-0.1, -0.05) is 6.07 Å². The van der Waals surface area contributed by atoms with Crippen LogP contribution in [0.15, 0.2) is 24.5 Å². The van der Waals surface area contributed by atoms with Crippen LogP contribution in [0.25, 0.3) is 22.2 Å². The summed E-state index contributed by atoms with van der Waals surface area (Å²) >= 11 is 0. The van der Waals surface area contributed by atoms with Crippen LogP contribution in [-0.4, -0.2) is 26.8 Å². The molecular weight excluding hydrogens is 238 g/mol. The summed E-state index contributed by atoms with van der Waals surface area (Å²) in [5.74, 6) is 0. The fourth-order valence-corrected chi connectivity index (χ4v) is 2.45. The van der Waals surface area contributed by atoms with Crippen molar-refractivity contribution >= 4 is 11.0 Å². The fourth-order valence-electron chi connectivity index (χ4n) is 2.45. The van der Waals surface area contributed by atoms with E-state index in [0.29, 0.717) is 0 Å². The second-order valence-electron chi connectivity index (χ2n) is 4.76. The molecule has 0 bridgehead atoms. The molecule has 5 nitrogen and oxygen atoms in total. The predicted octanol–water partition coefficient (Wildman–Crippen LogP) is 1.99. The molecule has 0 fully saturated rings. The van der Waals surface area contributed by atoms with Crippen LogP contribution in [0, 0.1) is 6.92 Å². The summed E-state index contributed by atoms with van der Waals surface area (Å²) in [7, 11) is 3.93. The first-order valence-corrected chi connectivity index (χ1v) is 6.30. The molecule has 2 N–H and O–H groups in total. The Morgan fingerprint density at radius 3 is 3.00 bits per heavy atom. The molecule has 0 saturated carbocycles. The molecule has 0 atom stereocenters. The van der Waals surface area contributed by atoms with Crippen LogP contribution in [0.2, 0.25) is 0 Å². The maximum absolute atomic E-state index is 4.41. The van der Waals surface area contributed by atoms with Gasteiger partial charge in [-0.05, 0) is 31.7 Å². The number of nitrogens with zero attached hydrogens (tertiary/aromatic N) is 3. The number of benzene rings is 1. The molecule has 0 aliphatic heterocycles. The van der Waals surface area contributed by atoms with Gasteiger partial charge in [0.05, 0.1) is 23.1 Å². The van der Waals surface area contributed by atoms with Crippen molar-refractivity contribution in [3.63, 3.8) is 0 Å². The number of fused-ring (bicyclic) bond motifs is 1. The largest absolute Gasteiger partial charge is 0.334 e. The van der Waals surface area contributed by atoms with Gasteiger partial charge in [-0.2, -0.15) is 5.10 Å². The summed E-state index contributed by atoms with van der Waals surface area (Å²) < 4.78 is 2.02. The Labute approximate surface area is 111 Å². The zero-order valence-corrected chi connectivity index (χ0v) is 11.4. The van der Waals surface area contributed by atoms with E-state index in [2.05, 4.69) is 38.7 Å². The first kappa shape index (κ1) is 11.9. The van der Waals surface area contributed by atoms with E-state index in [1.165, 1.54) is 5.56 Å². The monoisotopic (exact) mass is 255 g/mol. The fraction of sp³-hybridized carbons (Fsp3) is 0.286. The van der Waals surface area contributed by atoms with Crippen LogP contribution in [0.1, 0.15) is 11.4 Å². The minimum Gasteiger partial charge on any atom is -0.334 e. The highest BCUT2D eigenvalue weighted by atomic mass is 15.1. The molecule has 0 aliphatic rings.